The topological polar surface area (TPSA) is 55.9 Å². The van der Waals surface area contributed by atoms with Crippen molar-refractivity contribution >= 4 is 17.6 Å². The molecule has 1 saturated heterocycles. The van der Waals surface area contributed by atoms with Crippen molar-refractivity contribution in [2.75, 3.05) is 38.0 Å². The average Bonchev–Trinajstić information content (AvgIpc) is 3.10. The highest BCUT2D eigenvalue weighted by molar-refractivity contribution is 5.92. The molecule has 0 bridgehead atoms. The molecular formula is C41H50N4O2. The molecule has 246 valence electrons. The number of carbonyl (C=O) groups excluding carboxylic acids is 2. The lowest BCUT2D eigenvalue weighted by atomic mass is 9.92. The molecule has 1 aliphatic rings. The van der Waals surface area contributed by atoms with Crippen LogP contribution >= 0.6 is 0 Å². The summed E-state index contributed by atoms with van der Waals surface area (Å²) in [7, 11) is 0. The van der Waals surface area contributed by atoms with Crippen LogP contribution in [0.5, 0.6) is 0 Å². The summed E-state index contributed by atoms with van der Waals surface area (Å²) in [6, 6.07) is 37.3. The van der Waals surface area contributed by atoms with Gasteiger partial charge in [0.05, 0.1) is 12.1 Å². The summed E-state index contributed by atoms with van der Waals surface area (Å²) in [4.78, 5) is 34.1. The van der Waals surface area contributed by atoms with Crippen LogP contribution in [0.15, 0.2) is 109 Å². The summed E-state index contributed by atoms with van der Waals surface area (Å²) in [5, 5.41) is 3.30. The van der Waals surface area contributed by atoms with Gasteiger partial charge in [0.15, 0.2) is 0 Å². The molecule has 4 aromatic rings. The van der Waals surface area contributed by atoms with Gasteiger partial charge in [0.1, 0.15) is 0 Å². The Morgan fingerprint density at radius 3 is 1.57 bits per heavy atom. The number of nitrogens with one attached hydrogen (secondary N) is 1. The van der Waals surface area contributed by atoms with Crippen LogP contribution < -0.4 is 5.32 Å². The second-order valence-electron chi connectivity index (χ2n) is 13.2. The van der Waals surface area contributed by atoms with E-state index in [1.54, 1.807) is 0 Å². The second kappa shape index (κ2) is 15.9. The largest absolute Gasteiger partial charge is 0.340 e. The highest BCUT2D eigenvalue weighted by atomic mass is 16.2. The van der Waals surface area contributed by atoms with Crippen molar-refractivity contribution in [1.82, 2.24) is 14.7 Å². The first kappa shape index (κ1) is 33.9. The van der Waals surface area contributed by atoms with Gasteiger partial charge in [0.2, 0.25) is 5.91 Å². The van der Waals surface area contributed by atoms with Gasteiger partial charge in [-0.05, 0) is 46.6 Å². The molecule has 4 aromatic carbocycles. The number of piperazine rings is 1. The third-order valence-electron chi connectivity index (χ3n) is 9.44. The van der Waals surface area contributed by atoms with Gasteiger partial charge < -0.3 is 15.1 Å². The van der Waals surface area contributed by atoms with E-state index in [0.717, 1.165) is 35.5 Å². The number of carbonyl (C=O) groups is 2. The van der Waals surface area contributed by atoms with Crippen molar-refractivity contribution in [3.63, 3.8) is 0 Å². The van der Waals surface area contributed by atoms with Crippen molar-refractivity contribution in [1.29, 1.82) is 0 Å². The number of rotatable bonds is 11. The quantitative estimate of drug-likeness (QED) is 0.180. The van der Waals surface area contributed by atoms with Crippen LogP contribution in [0, 0.1) is 0 Å². The van der Waals surface area contributed by atoms with Gasteiger partial charge in [-0.1, -0.05) is 137 Å². The Bertz CT molecular complexity index is 1520. The van der Waals surface area contributed by atoms with Crippen molar-refractivity contribution in [3.8, 4) is 0 Å². The molecule has 0 aromatic heterocycles. The summed E-state index contributed by atoms with van der Waals surface area (Å²) < 4.78 is 0. The molecule has 1 fully saturated rings. The average molecular weight is 631 g/mol. The van der Waals surface area contributed by atoms with Gasteiger partial charge in [0.25, 0.3) is 0 Å². The van der Waals surface area contributed by atoms with E-state index in [1.807, 2.05) is 47.1 Å². The molecule has 0 spiro atoms. The molecular weight excluding hydrogens is 580 g/mol. The predicted octanol–water partition coefficient (Wildman–Crippen LogP) is 8.85. The lowest BCUT2D eigenvalue weighted by Gasteiger charge is -2.40. The summed E-state index contributed by atoms with van der Waals surface area (Å²) in [6.07, 6.45) is 0.272. The van der Waals surface area contributed by atoms with Gasteiger partial charge in [-0.2, -0.15) is 0 Å². The predicted molar refractivity (Wildman–Crippen MR) is 193 cm³/mol. The van der Waals surface area contributed by atoms with Crippen LogP contribution in [0.3, 0.4) is 0 Å². The third kappa shape index (κ3) is 8.30. The van der Waals surface area contributed by atoms with E-state index in [9.17, 15) is 9.59 Å². The Kier molecular flexibility index (Phi) is 11.5. The summed E-state index contributed by atoms with van der Waals surface area (Å²) >= 11 is 0. The maximum atomic E-state index is 14.1. The molecule has 6 nitrogen and oxygen atoms in total. The minimum absolute atomic E-state index is 0.0872. The molecule has 1 N–H and O–H groups in total. The van der Waals surface area contributed by atoms with E-state index < -0.39 is 0 Å². The fourth-order valence-corrected chi connectivity index (χ4v) is 6.75. The molecule has 0 radical (unpaired) electrons. The SMILES string of the molecule is CC(C)c1cccc(C(C)C)c1NC(=O)N(CCC(=O)N1CCN(C(c2ccccc2)c2ccccc2)CC1)C(C)c1ccccc1. The van der Waals surface area contributed by atoms with E-state index in [2.05, 4.69) is 117 Å². The summed E-state index contributed by atoms with van der Waals surface area (Å²) in [5.74, 6) is 0.601. The maximum absolute atomic E-state index is 14.1. The first-order valence-electron chi connectivity index (χ1n) is 17.1. The highest BCUT2D eigenvalue weighted by Crippen LogP contribution is 2.34. The van der Waals surface area contributed by atoms with E-state index in [4.69, 9.17) is 0 Å². The number of anilines is 1. The number of hydrogen-bond donors (Lipinski definition) is 1. The van der Waals surface area contributed by atoms with Gasteiger partial charge in [-0.15, -0.1) is 0 Å². The Morgan fingerprint density at radius 1 is 0.638 bits per heavy atom. The van der Waals surface area contributed by atoms with Gasteiger partial charge in [-0.25, -0.2) is 4.79 Å². The van der Waals surface area contributed by atoms with Crippen LogP contribution in [0.4, 0.5) is 10.5 Å². The van der Waals surface area contributed by atoms with Gasteiger partial charge in [0, 0.05) is 44.8 Å². The Morgan fingerprint density at radius 2 is 1.11 bits per heavy atom. The van der Waals surface area contributed by atoms with Crippen LogP contribution in [0.1, 0.15) is 92.8 Å². The van der Waals surface area contributed by atoms with Crippen LogP contribution in [-0.2, 0) is 4.79 Å². The fourth-order valence-electron chi connectivity index (χ4n) is 6.75. The zero-order chi connectivity index (χ0) is 33.3. The minimum Gasteiger partial charge on any atom is -0.340 e. The van der Waals surface area contributed by atoms with Crippen molar-refractivity contribution < 1.29 is 9.59 Å². The van der Waals surface area contributed by atoms with Crippen LogP contribution in [0.2, 0.25) is 0 Å². The lowest BCUT2D eigenvalue weighted by molar-refractivity contribution is -0.133. The third-order valence-corrected chi connectivity index (χ3v) is 9.44. The van der Waals surface area contributed by atoms with E-state index in [0.29, 0.717) is 19.6 Å². The second-order valence-corrected chi connectivity index (χ2v) is 13.2. The Labute approximate surface area is 281 Å². The Hall–Kier alpha value is -4.42. The minimum atomic E-state index is -0.202. The monoisotopic (exact) mass is 630 g/mol. The molecule has 47 heavy (non-hydrogen) atoms. The zero-order valence-corrected chi connectivity index (χ0v) is 28.6. The molecule has 0 aliphatic carbocycles. The number of para-hydroxylation sites is 1. The molecule has 0 saturated carbocycles. The molecule has 6 heteroatoms. The summed E-state index contributed by atoms with van der Waals surface area (Å²) in [6.45, 7) is 13.9. The highest BCUT2D eigenvalue weighted by Gasteiger charge is 2.30. The molecule has 1 atom stereocenters. The first-order chi connectivity index (χ1) is 22.7. The maximum Gasteiger partial charge on any atom is 0.322 e. The van der Waals surface area contributed by atoms with E-state index >= 15 is 0 Å². The van der Waals surface area contributed by atoms with E-state index in [1.165, 1.54) is 11.1 Å². The molecule has 5 rings (SSSR count). The lowest BCUT2D eigenvalue weighted by Crippen LogP contribution is -2.50. The van der Waals surface area contributed by atoms with Gasteiger partial charge >= 0.3 is 6.03 Å². The molecule has 3 amide bonds. The summed E-state index contributed by atoms with van der Waals surface area (Å²) in [5.41, 5.74) is 6.69. The molecule has 1 heterocycles. The number of nitrogens with zero attached hydrogens (tertiary/aromatic N) is 3. The number of benzene rings is 4. The normalized spacial score (nSPS) is 14.4. The number of urea groups is 1. The van der Waals surface area contributed by atoms with Crippen LogP contribution in [0.25, 0.3) is 0 Å². The number of hydrogen-bond acceptors (Lipinski definition) is 3. The Balaban J connectivity index is 1.29. The zero-order valence-electron chi connectivity index (χ0n) is 28.6. The smallest absolute Gasteiger partial charge is 0.322 e. The standard InChI is InChI=1S/C41H50N4O2/c1-30(2)36-22-15-23-37(31(3)4)39(36)42-41(47)45(32(5)33-16-9-6-10-17-33)25-24-38(46)43-26-28-44(29-27-43)40(34-18-11-7-12-19-34)35-20-13-8-14-21-35/h6-23,30-32,40H,24-29H2,1-5H3,(H,42,47). The number of amides is 3. The fraction of sp³-hybridized carbons (Fsp3) is 0.366. The van der Waals surface area contributed by atoms with Crippen molar-refractivity contribution in [2.24, 2.45) is 0 Å². The van der Waals surface area contributed by atoms with Crippen LogP contribution in [-0.4, -0.2) is 59.4 Å². The van der Waals surface area contributed by atoms with E-state index in [-0.39, 0.29) is 42.3 Å². The van der Waals surface area contributed by atoms with Gasteiger partial charge in [-0.3, -0.25) is 9.69 Å². The van der Waals surface area contributed by atoms with Crippen molar-refractivity contribution in [2.45, 2.75) is 65.0 Å². The van der Waals surface area contributed by atoms with Crippen molar-refractivity contribution in [3.05, 3.63) is 137 Å². The molecule has 1 unspecified atom stereocenters. The molecule has 1 aliphatic heterocycles. The first-order valence-corrected chi connectivity index (χ1v) is 17.1.